The molecule has 0 fully saturated rings. The number of aromatic nitrogens is 2. The molecule has 3 aromatic rings. The summed E-state index contributed by atoms with van der Waals surface area (Å²) in [5, 5.41) is 7.11. The largest absolute Gasteiger partial charge is 0.493 e. The van der Waals surface area contributed by atoms with Crippen LogP contribution in [0.15, 0.2) is 60.9 Å². The maximum atomic E-state index is 12.4. The molecule has 6 heteroatoms. The van der Waals surface area contributed by atoms with Gasteiger partial charge in [-0.05, 0) is 23.8 Å². The van der Waals surface area contributed by atoms with Gasteiger partial charge in [0, 0.05) is 11.8 Å². The number of carbonyl (C=O) groups is 1. The molecule has 1 amide bonds. The molecular weight excluding hydrogens is 318 g/mol. The van der Waals surface area contributed by atoms with Gasteiger partial charge in [-0.15, -0.1) is 0 Å². The average molecular weight is 337 g/mol. The molecular formula is C19H19N3O3. The Morgan fingerprint density at radius 1 is 1.08 bits per heavy atom. The van der Waals surface area contributed by atoms with Crippen molar-refractivity contribution in [2.75, 3.05) is 19.5 Å². The fraction of sp³-hybridized carbons (Fsp3) is 0.158. The molecule has 25 heavy (non-hydrogen) atoms. The normalized spacial score (nSPS) is 10.3. The number of nitrogens with one attached hydrogen (secondary N) is 1. The number of ether oxygens (including phenoxy) is 2. The van der Waals surface area contributed by atoms with Crippen LogP contribution in [-0.2, 0) is 6.54 Å². The maximum absolute atomic E-state index is 12.4. The van der Waals surface area contributed by atoms with Crippen LogP contribution in [0.1, 0.15) is 15.9 Å². The number of amides is 1. The minimum Gasteiger partial charge on any atom is -0.493 e. The van der Waals surface area contributed by atoms with Gasteiger partial charge in [0.15, 0.2) is 11.5 Å². The lowest BCUT2D eigenvalue weighted by Gasteiger charge is -2.09. The lowest BCUT2D eigenvalue weighted by molar-refractivity contribution is 0.102. The molecule has 0 bridgehead atoms. The molecule has 2 aromatic carbocycles. The second-order valence-corrected chi connectivity index (χ2v) is 5.44. The van der Waals surface area contributed by atoms with Crippen LogP contribution in [-0.4, -0.2) is 29.9 Å². The number of anilines is 1. The Balaban J connectivity index is 1.69. The first-order valence-electron chi connectivity index (χ1n) is 7.79. The number of methoxy groups -OCH3 is 2. The summed E-state index contributed by atoms with van der Waals surface area (Å²) in [5.74, 6) is 0.852. The third-order valence-electron chi connectivity index (χ3n) is 3.72. The van der Waals surface area contributed by atoms with Crippen molar-refractivity contribution in [1.29, 1.82) is 0 Å². The predicted molar refractivity (Wildman–Crippen MR) is 95.3 cm³/mol. The molecule has 1 heterocycles. The maximum Gasteiger partial charge on any atom is 0.255 e. The Hall–Kier alpha value is -3.28. The molecule has 0 saturated carbocycles. The van der Waals surface area contributed by atoms with Gasteiger partial charge in [0.25, 0.3) is 5.91 Å². The van der Waals surface area contributed by atoms with Gasteiger partial charge in [-0.25, -0.2) is 0 Å². The Morgan fingerprint density at radius 2 is 1.84 bits per heavy atom. The van der Waals surface area contributed by atoms with Crippen LogP contribution >= 0.6 is 0 Å². The van der Waals surface area contributed by atoms with Crippen molar-refractivity contribution in [2.24, 2.45) is 0 Å². The zero-order chi connectivity index (χ0) is 17.6. The van der Waals surface area contributed by atoms with E-state index in [0.29, 0.717) is 29.3 Å². The number of hydrogen-bond donors (Lipinski definition) is 1. The third kappa shape index (κ3) is 3.98. The van der Waals surface area contributed by atoms with Gasteiger partial charge in [-0.1, -0.05) is 30.3 Å². The van der Waals surface area contributed by atoms with Crippen LogP contribution in [0.4, 0.5) is 5.69 Å². The Morgan fingerprint density at radius 3 is 2.56 bits per heavy atom. The SMILES string of the molecule is COc1ccc(C(=O)Nc2cnn(Cc3ccccc3)c2)cc1OC. The van der Waals surface area contributed by atoms with Crippen LogP contribution in [0.3, 0.4) is 0 Å². The zero-order valence-corrected chi connectivity index (χ0v) is 14.1. The zero-order valence-electron chi connectivity index (χ0n) is 14.1. The van der Waals surface area contributed by atoms with E-state index in [1.165, 1.54) is 7.11 Å². The minimum atomic E-state index is -0.236. The number of nitrogens with zero attached hydrogens (tertiary/aromatic N) is 2. The van der Waals surface area contributed by atoms with Crippen LogP contribution < -0.4 is 14.8 Å². The summed E-state index contributed by atoms with van der Waals surface area (Å²) in [7, 11) is 3.09. The highest BCUT2D eigenvalue weighted by Crippen LogP contribution is 2.27. The van der Waals surface area contributed by atoms with Crippen LogP contribution in [0.5, 0.6) is 11.5 Å². The molecule has 0 aliphatic rings. The lowest BCUT2D eigenvalue weighted by atomic mass is 10.2. The van der Waals surface area contributed by atoms with Crippen molar-refractivity contribution in [3.8, 4) is 11.5 Å². The topological polar surface area (TPSA) is 65.4 Å². The van der Waals surface area contributed by atoms with Gasteiger partial charge >= 0.3 is 0 Å². The number of carbonyl (C=O) groups excluding carboxylic acids is 1. The molecule has 1 N–H and O–H groups in total. The molecule has 128 valence electrons. The summed E-state index contributed by atoms with van der Waals surface area (Å²) < 4.78 is 12.2. The van der Waals surface area contributed by atoms with Crippen molar-refractivity contribution < 1.29 is 14.3 Å². The summed E-state index contributed by atoms with van der Waals surface area (Å²) >= 11 is 0. The van der Waals surface area contributed by atoms with Gasteiger partial charge in [0.05, 0.1) is 32.6 Å². The first-order chi connectivity index (χ1) is 12.2. The molecule has 0 spiro atoms. The van der Waals surface area contributed by atoms with E-state index in [1.54, 1.807) is 42.4 Å². The van der Waals surface area contributed by atoms with Crippen molar-refractivity contribution in [1.82, 2.24) is 9.78 Å². The predicted octanol–water partition coefficient (Wildman–Crippen LogP) is 3.20. The Kier molecular flexibility index (Phi) is 4.99. The molecule has 1 aromatic heterocycles. The van der Waals surface area contributed by atoms with Crippen molar-refractivity contribution in [2.45, 2.75) is 6.54 Å². The van der Waals surface area contributed by atoms with Gasteiger partial charge < -0.3 is 14.8 Å². The first kappa shape index (κ1) is 16.6. The standard InChI is InChI=1S/C19H19N3O3/c1-24-17-9-8-15(10-18(17)25-2)19(23)21-16-11-20-22(13-16)12-14-6-4-3-5-7-14/h3-11,13H,12H2,1-2H3,(H,21,23). The van der Waals surface area contributed by atoms with E-state index in [0.717, 1.165) is 5.56 Å². The smallest absolute Gasteiger partial charge is 0.255 e. The van der Waals surface area contributed by atoms with Crippen LogP contribution in [0, 0.1) is 0 Å². The highest BCUT2D eigenvalue weighted by Gasteiger charge is 2.12. The number of benzene rings is 2. The van der Waals surface area contributed by atoms with E-state index in [1.807, 2.05) is 30.3 Å². The van der Waals surface area contributed by atoms with Crippen LogP contribution in [0.2, 0.25) is 0 Å². The molecule has 3 rings (SSSR count). The fourth-order valence-corrected chi connectivity index (χ4v) is 2.47. The second kappa shape index (κ2) is 7.53. The lowest BCUT2D eigenvalue weighted by Crippen LogP contribution is -2.11. The van der Waals surface area contributed by atoms with Gasteiger partial charge in [-0.3, -0.25) is 9.48 Å². The van der Waals surface area contributed by atoms with E-state index in [-0.39, 0.29) is 5.91 Å². The second-order valence-electron chi connectivity index (χ2n) is 5.44. The van der Waals surface area contributed by atoms with Gasteiger partial charge in [0.1, 0.15) is 0 Å². The summed E-state index contributed by atoms with van der Waals surface area (Å²) in [6.45, 7) is 0.646. The fourth-order valence-electron chi connectivity index (χ4n) is 2.47. The third-order valence-corrected chi connectivity index (χ3v) is 3.72. The molecule has 0 radical (unpaired) electrons. The summed E-state index contributed by atoms with van der Waals surface area (Å²) in [5.41, 5.74) is 2.26. The molecule has 0 aliphatic heterocycles. The quantitative estimate of drug-likeness (QED) is 0.750. The van der Waals surface area contributed by atoms with E-state index >= 15 is 0 Å². The van der Waals surface area contributed by atoms with Gasteiger partial charge in [-0.2, -0.15) is 5.10 Å². The Labute approximate surface area is 146 Å². The minimum absolute atomic E-state index is 0.236. The van der Waals surface area contributed by atoms with E-state index in [2.05, 4.69) is 10.4 Å². The average Bonchev–Trinajstić information content (AvgIpc) is 3.08. The molecule has 0 atom stereocenters. The molecule has 0 unspecified atom stereocenters. The number of rotatable bonds is 6. The van der Waals surface area contributed by atoms with E-state index in [4.69, 9.17) is 9.47 Å². The highest BCUT2D eigenvalue weighted by molar-refractivity contribution is 6.04. The van der Waals surface area contributed by atoms with Crippen LogP contribution in [0.25, 0.3) is 0 Å². The highest BCUT2D eigenvalue weighted by atomic mass is 16.5. The van der Waals surface area contributed by atoms with Crippen molar-refractivity contribution in [3.63, 3.8) is 0 Å². The summed E-state index contributed by atoms with van der Waals surface area (Å²) in [6.07, 6.45) is 3.42. The monoisotopic (exact) mass is 337 g/mol. The summed E-state index contributed by atoms with van der Waals surface area (Å²) in [6, 6.07) is 15.0. The molecule has 0 aliphatic carbocycles. The van der Waals surface area contributed by atoms with E-state index in [9.17, 15) is 4.79 Å². The summed E-state index contributed by atoms with van der Waals surface area (Å²) in [4.78, 5) is 12.4. The van der Waals surface area contributed by atoms with Crippen molar-refractivity contribution in [3.05, 3.63) is 72.1 Å². The Bertz CT molecular complexity index is 859. The number of hydrogen-bond acceptors (Lipinski definition) is 4. The van der Waals surface area contributed by atoms with Gasteiger partial charge in [0.2, 0.25) is 0 Å². The van der Waals surface area contributed by atoms with Crippen molar-refractivity contribution >= 4 is 11.6 Å². The molecule has 0 saturated heterocycles. The molecule has 6 nitrogen and oxygen atoms in total. The first-order valence-corrected chi connectivity index (χ1v) is 7.79. The van der Waals surface area contributed by atoms with E-state index < -0.39 is 0 Å².